The van der Waals surface area contributed by atoms with Crippen molar-refractivity contribution in [1.29, 1.82) is 0 Å². The Kier molecular flexibility index (Phi) is 4.40. The van der Waals surface area contributed by atoms with Gasteiger partial charge in [-0.05, 0) is 48.4 Å². The lowest BCUT2D eigenvalue weighted by atomic mass is 10.1. The average molecular weight is 292 g/mol. The topological polar surface area (TPSA) is 20.3 Å². The van der Waals surface area contributed by atoms with E-state index in [2.05, 4.69) is 0 Å². The van der Waals surface area contributed by atoms with E-state index in [-0.39, 0.29) is 18.1 Å². The van der Waals surface area contributed by atoms with Crippen molar-refractivity contribution in [1.82, 2.24) is 0 Å². The van der Waals surface area contributed by atoms with Gasteiger partial charge in [-0.2, -0.15) is 0 Å². The Labute approximate surface area is 122 Å². The first-order chi connectivity index (χ1) is 9.47. The normalized spacial score (nSPS) is 10.4. The van der Waals surface area contributed by atoms with Gasteiger partial charge in [0.15, 0.2) is 0 Å². The van der Waals surface area contributed by atoms with E-state index in [1.54, 1.807) is 25.2 Å². The number of hydrogen-bond donors (Lipinski definition) is 0. The van der Waals surface area contributed by atoms with Crippen LogP contribution >= 0.6 is 11.6 Å². The summed E-state index contributed by atoms with van der Waals surface area (Å²) in [4.78, 5) is 13.7. The van der Waals surface area contributed by atoms with Crippen molar-refractivity contribution in [3.05, 3.63) is 64.4 Å². The van der Waals surface area contributed by atoms with Gasteiger partial charge in [0.05, 0.1) is 6.42 Å². The lowest BCUT2D eigenvalue weighted by Crippen LogP contribution is -2.27. The number of amides is 1. The molecule has 0 fully saturated rings. The molecular weight excluding hydrogens is 277 g/mol. The Bertz CT molecular complexity index is 625. The minimum atomic E-state index is -0.317. The minimum Gasteiger partial charge on any atom is -0.315 e. The van der Waals surface area contributed by atoms with Crippen molar-refractivity contribution in [2.24, 2.45) is 0 Å². The number of aryl methyl sites for hydroxylation is 1. The number of carbonyl (C=O) groups is 1. The average Bonchev–Trinajstić information content (AvgIpc) is 2.43. The molecule has 2 rings (SSSR count). The monoisotopic (exact) mass is 291 g/mol. The first-order valence-electron chi connectivity index (χ1n) is 6.24. The van der Waals surface area contributed by atoms with Crippen molar-refractivity contribution >= 4 is 23.2 Å². The van der Waals surface area contributed by atoms with E-state index in [0.29, 0.717) is 10.7 Å². The third-order valence-corrected chi connectivity index (χ3v) is 3.59. The van der Waals surface area contributed by atoms with E-state index < -0.39 is 0 Å². The molecule has 4 heteroatoms. The fourth-order valence-electron chi connectivity index (χ4n) is 1.92. The number of likely N-dealkylation sites (N-methyl/N-ethyl adjacent to an activating group) is 1. The van der Waals surface area contributed by atoms with Crippen LogP contribution in [0.3, 0.4) is 0 Å². The molecule has 0 saturated carbocycles. The smallest absolute Gasteiger partial charge is 0.231 e. The van der Waals surface area contributed by atoms with Crippen LogP contribution in [0.4, 0.5) is 10.1 Å². The standard InChI is InChI=1S/C16H15ClFNO/c1-11-9-12(3-8-15(11)17)10-16(20)19(2)14-6-4-13(18)5-7-14/h3-9H,10H2,1-2H3. The second kappa shape index (κ2) is 6.06. The highest BCUT2D eigenvalue weighted by atomic mass is 35.5. The summed E-state index contributed by atoms with van der Waals surface area (Å²) < 4.78 is 12.9. The quantitative estimate of drug-likeness (QED) is 0.837. The van der Waals surface area contributed by atoms with E-state index in [0.717, 1.165) is 11.1 Å². The van der Waals surface area contributed by atoms with E-state index in [4.69, 9.17) is 11.6 Å². The maximum atomic E-state index is 12.9. The molecule has 2 aromatic carbocycles. The SMILES string of the molecule is Cc1cc(CC(=O)N(C)c2ccc(F)cc2)ccc1Cl. The van der Waals surface area contributed by atoms with Crippen LogP contribution in [0.25, 0.3) is 0 Å². The Morgan fingerprint density at radius 1 is 1.20 bits per heavy atom. The molecule has 0 heterocycles. The summed E-state index contributed by atoms with van der Waals surface area (Å²) in [5.74, 6) is -0.374. The van der Waals surface area contributed by atoms with Crippen LogP contribution in [0.5, 0.6) is 0 Å². The van der Waals surface area contributed by atoms with E-state index >= 15 is 0 Å². The van der Waals surface area contributed by atoms with Crippen LogP contribution in [0.15, 0.2) is 42.5 Å². The fraction of sp³-hybridized carbons (Fsp3) is 0.188. The summed E-state index contributed by atoms with van der Waals surface area (Å²) >= 11 is 5.96. The molecule has 0 spiro atoms. The third-order valence-electron chi connectivity index (χ3n) is 3.17. The van der Waals surface area contributed by atoms with Crippen LogP contribution in [0, 0.1) is 12.7 Å². The molecule has 0 unspecified atom stereocenters. The van der Waals surface area contributed by atoms with Crippen LogP contribution in [0.1, 0.15) is 11.1 Å². The number of rotatable bonds is 3. The summed E-state index contributed by atoms with van der Waals surface area (Å²) in [6, 6.07) is 11.4. The first kappa shape index (κ1) is 14.5. The second-order valence-electron chi connectivity index (χ2n) is 4.69. The zero-order valence-electron chi connectivity index (χ0n) is 11.4. The number of hydrogen-bond acceptors (Lipinski definition) is 1. The van der Waals surface area contributed by atoms with E-state index in [1.165, 1.54) is 17.0 Å². The summed E-state index contributed by atoms with van der Waals surface area (Å²) in [6.45, 7) is 1.90. The zero-order chi connectivity index (χ0) is 14.7. The van der Waals surface area contributed by atoms with Crippen molar-refractivity contribution in [3.63, 3.8) is 0 Å². The summed E-state index contributed by atoms with van der Waals surface area (Å²) in [5, 5.41) is 0.688. The Hall–Kier alpha value is -1.87. The van der Waals surface area contributed by atoms with Crippen LogP contribution < -0.4 is 4.90 Å². The van der Waals surface area contributed by atoms with Gasteiger partial charge in [0, 0.05) is 17.8 Å². The van der Waals surface area contributed by atoms with Gasteiger partial charge < -0.3 is 4.90 Å². The van der Waals surface area contributed by atoms with Gasteiger partial charge in [-0.3, -0.25) is 4.79 Å². The van der Waals surface area contributed by atoms with Gasteiger partial charge in [-0.1, -0.05) is 23.7 Å². The highest BCUT2D eigenvalue weighted by molar-refractivity contribution is 6.31. The van der Waals surface area contributed by atoms with E-state index in [1.807, 2.05) is 19.1 Å². The molecule has 0 N–H and O–H groups in total. The molecule has 2 nitrogen and oxygen atoms in total. The molecule has 0 saturated heterocycles. The highest BCUT2D eigenvalue weighted by Crippen LogP contribution is 2.18. The van der Waals surface area contributed by atoms with Crippen LogP contribution in [-0.4, -0.2) is 13.0 Å². The van der Waals surface area contributed by atoms with Gasteiger partial charge >= 0.3 is 0 Å². The molecule has 0 bridgehead atoms. The van der Waals surface area contributed by atoms with Crippen LogP contribution in [-0.2, 0) is 11.2 Å². The largest absolute Gasteiger partial charge is 0.315 e. The number of benzene rings is 2. The fourth-order valence-corrected chi connectivity index (χ4v) is 2.04. The minimum absolute atomic E-state index is 0.0571. The van der Waals surface area contributed by atoms with Gasteiger partial charge in [0.2, 0.25) is 5.91 Å². The summed E-state index contributed by atoms with van der Waals surface area (Å²) in [7, 11) is 1.68. The number of halogens is 2. The van der Waals surface area contributed by atoms with Gasteiger partial charge in [0.1, 0.15) is 5.82 Å². The predicted octanol–water partition coefficient (Wildman–Crippen LogP) is 3.99. The molecule has 0 aliphatic heterocycles. The maximum absolute atomic E-state index is 12.9. The lowest BCUT2D eigenvalue weighted by Gasteiger charge is -2.17. The second-order valence-corrected chi connectivity index (χ2v) is 5.10. The van der Waals surface area contributed by atoms with E-state index in [9.17, 15) is 9.18 Å². The first-order valence-corrected chi connectivity index (χ1v) is 6.62. The molecule has 20 heavy (non-hydrogen) atoms. The molecule has 0 aliphatic carbocycles. The lowest BCUT2D eigenvalue weighted by molar-refractivity contribution is -0.117. The van der Waals surface area contributed by atoms with Crippen molar-refractivity contribution in [3.8, 4) is 0 Å². The summed E-state index contributed by atoms with van der Waals surface area (Å²) in [5.41, 5.74) is 2.52. The summed E-state index contributed by atoms with van der Waals surface area (Å²) in [6.07, 6.45) is 0.284. The Balaban J connectivity index is 2.11. The Morgan fingerprint density at radius 3 is 2.45 bits per heavy atom. The van der Waals surface area contributed by atoms with Gasteiger partial charge in [-0.25, -0.2) is 4.39 Å². The molecule has 104 valence electrons. The highest BCUT2D eigenvalue weighted by Gasteiger charge is 2.12. The van der Waals surface area contributed by atoms with Crippen LogP contribution in [0.2, 0.25) is 5.02 Å². The molecule has 2 aromatic rings. The Morgan fingerprint density at radius 2 is 1.85 bits per heavy atom. The van der Waals surface area contributed by atoms with Crippen molar-refractivity contribution < 1.29 is 9.18 Å². The maximum Gasteiger partial charge on any atom is 0.231 e. The predicted molar refractivity (Wildman–Crippen MR) is 79.7 cm³/mol. The molecule has 0 aliphatic rings. The number of nitrogens with zero attached hydrogens (tertiary/aromatic N) is 1. The molecular formula is C16H15ClFNO. The van der Waals surface area contributed by atoms with Crippen molar-refractivity contribution in [2.75, 3.05) is 11.9 Å². The number of anilines is 1. The molecule has 0 aromatic heterocycles. The van der Waals surface area contributed by atoms with Gasteiger partial charge in [0.25, 0.3) is 0 Å². The third kappa shape index (κ3) is 3.36. The number of carbonyl (C=O) groups excluding carboxylic acids is 1. The van der Waals surface area contributed by atoms with Gasteiger partial charge in [-0.15, -0.1) is 0 Å². The molecule has 0 radical (unpaired) electrons. The molecule has 0 atom stereocenters. The molecule has 1 amide bonds. The zero-order valence-corrected chi connectivity index (χ0v) is 12.1. The van der Waals surface area contributed by atoms with Crippen molar-refractivity contribution in [2.45, 2.75) is 13.3 Å².